The maximum absolute atomic E-state index is 11.8. The highest BCUT2D eigenvalue weighted by Gasteiger charge is 2.61. The number of fused-ring (bicyclic) bond motifs is 5. The minimum absolute atomic E-state index is 0.170. The maximum atomic E-state index is 11.8. The molecule has 0 saturated carbocycles. The van der Waals surface area contributed by atoms with Crippen LogP contribution in [0.15, 0.2) is 48.5 Å². The monoisotopic (exact) mass is 322 g/mol. The van der Waals surface area contributed by atoms with Gasteiger partial charge in [0.1, 0.15) is 6.10 Å². The Morgan fingerprint density at radius 3 is 2.33 bits per heavy atom. The van der Waals surface area contributed by atoms with E-state index in [-0.39, 0.29) is 17.9 Å². The fourth-order valence-electron chi connectivity index (χ4n) is 4.26. The van der Waals surface area contributed by atoms with Gasteiger partial charge in [-0.25, -0.2) is 0 Å². The number of hydrogen-bond acceptors (Lipinski definition) is 4. The Bertz CT molecular complexity index is 810. The molecule has 0 saturated heterocycles. The molecule has 3 unspecified atom stereocenters. The van der Waals surface area contributed by atoms with E-state index < -0.39 is 11.7 Å². The average molecular weight is 322 g/mol. The Kier molecular flexibility index (Phi) is 3.23. The quantitative estimate of drug-likeness (QED) is 0.795. The molecule has 4 nitrogen and oxygen atoms in total. The van der Waals surface area contributed by atoms with Crippen molar-refractivity contribution in [3.63, 3.8) is 0 Å². The number of esters is 2. The molecule has 0 radical (unpaired) electrons. The molecule has 122 valence electrons. The summed E-state index contributed by atoms with van der Waals surface area (Å²) >= 11 is 0. The second-order valence-corrected chi connectivity index (χ2v) is 6.45. The lowest BCUT2D eigenvalue weighted by Crippen LogP contribution is -2.54. The number of rotatable bonds is 2. The Balaban J connectivity index is 1.91. The molecule has 4 rings (SSSR count). The van der Waals surface area contributed by atoms with Crippen molar-refractivity contribution in [1.29, 1.82) is 0 Å². The lowest BCUT2D eigenvalue weighted by molar-refractivity contribution is -0.179. The van der Waals surface area contributed by atoms with E-state index in [9.17, 15) is 9.59 Å². The van der Waals surface area contributed by atoms with Crippen molar-refractivity contribution < 1.29 is 19.1 Å². The number of hydrogen-bond donors (Lipinski definition) is 0. The van der Waals surface area contributed by atoms with Gasteiger partial charge in [0.25, 0.3) is 0 Å². The zero-order chi connectivity index (χ0) is 16.9. The zero-order valence-electron chi connectivity index (χ0n) is 13.6. The largest absolute Gasteiger partial charge is 0.457 e. The van der Waals surface area contributed by atoms with Crippen molar-refractivity contribution in [3.05, 3.63) is 70.8 Å². The predicted molar refractivity (Wildman–Crippen MR) is 87.3 cm³/mol. The fourth-order valence-corrected chi connectivity index (χ4v) is 4.26. The van der Waals surface area contributed by atoms with E-state index in [2.05, 4.69) is 0 Å². The molecule has 4 heteroatoms. The smallest absolute Gasteiger partial charge is 0.303 e. The highest BCUT2D eigenvalue weighted by molar-refractivity contribution is 5.70. The van der Waals surface area contributed by atoms with Crippen molar-refractivity contribution in [3.8, 4) is 0 Å². The van der Waals surface area contributed by atoms with Gasteiger partial charge in [-0.2, -0.15) is 0 Å². The van der Waals surface area contributed by atoms with E-state index in [4.69, 9.17) is 9.47 Å². The summed E-state index contributed by atoms with van der Waals surface area (Å²) in [5.41, 5.74) is 3.39. The van der Waals surface area contributed by atoms with E-state index in [1.54, 1.807) is 0 Å². The minimum Gasteiger partial charge on any atom is -0.457 e. The first kappa shape index (κ1) is 14.9. The number of benzene rings is 2. The Labute approximate surface area is 140 Å². The fraction of sp³-hybridized carbons (Fsp3) is 0.300. The second-order valence-electron chi connectivity index (χ2n) is 6.45. The van der Waals surface area contributed by atoms with Crippen LogP contribution < -0.4 is 0 Å². The summed E-state index contributed by atoms with van der Waals surface area (Å²) in [6.45, 7) is 2.84. The molecule has 0 aromatic heterocycles. The van der Waals surface area contributed by atoms with Gasteiger partial charge in [0.05, 0.1) is 5.92 Å². The third kappa shape index (κ3) is 1.99. The van der Waals surface area contributed by atoms with Crippen LogP contribution in [0.5, 0.6) is 0 Å². The molecule has 0 N–H and O–H groups in total. The standard InChI is InChI=1S/C20H18O4/c1-12(21)23-19-15-8-4-3-7-14(15)11-20(24-13(2)22)17-10-6-5-9-16(17)18(19)20/h3-10,18-19H,11H2,1-2H3. The van der Waals surface area contributed by atoms with Crippen LogP contribution in [0.1, 0.15) is 48.1 Å². The zero-order valence-corrected chi connectivity index (χ0v) is 13.6. The molecule has 0 spiro atoms. The van der Waals surface area contributed by atoms with Crippen LogP contribution in [-0.2, 0) is 31.1 Å². The van der Waals surface area contributed by atoms with Gasteiger partial charge in [0.15, 0.2) is 5.60 Å². The molecule has 2 aliphatic rings. The van der Waals surface area contributed by atoms with Crippen LogP contribution >= 0.6 is 0 Å². The topological polar surface area (TPSA) is 52.6 Å². The molecule has 0 fully saturated rings. The number of carbonyl (C=O) groups excluding carboxylic acids is 2. The molecular formula is C20H18O4. The van der Waals surface area contributed by atoms with Gasteiger partial charge in [-0.1, -0.05) is 48.5 Å². The number of carbonyl (C=O) groups is 2. The van der Waals surface area contributed by atoms with Gasteiger partial charge >= 0.3 is 11.9 Å². The third-order valence-electron chi connectivity index (χ3n) is 4.99. The van der Waals surface area contributed by atoms with Crippen LogP contribution in [0.2, 0.25) is 0 Å². The summed E-state index contributed by atoms with van der Waals surface area (Å²) in [4.78, 5) is 23.5. The van der Waals surface area contributed by atoms with Gasteiger partial charge in [-0.3, -0.25) is 9.59 Å². The van der Waals surface area contributed by atoms with Crippen LogP contribution in [0.3, 0.4) is 0 Å². The van der Waals surface area contributed by atoms with Crippen molar-refractivity contribution in [2.45, 2.75) is 37.9 Å². The molecule has 2 aromatic carbocycles. The summed E-state index contributed by atoms with van der Waals surface area (Å²) in [6.07, 6.45) is 0.157. The summed E-state index contributed by atoms with van der Waals surface area (Å²) in [7, 11) is 0. The lowest BCUT2D eigenvalue weighted by atomic mass is 9.55. The van der Waals surface area contributed by atoms with E-state index in [1.807, 2.05) is 48.5 Å². The van der Waals surface area contributed by atoms with E-state index in [0.717, 1.165) is 22.3 Å². The Morgan fingerprint density at radius 2 is 1.62 bits per heavy atom. The normalized spacial score (nSPS) is 26.2. The van der Waals surface area contributed by atoms with Crippen molar-refractivity contribution in [1.82, 2.24) is 0 Å². The first-order chi connectivity index (χ1) is 11.5. The van der Waals surface area contributed by atoms with E-state index in [0.29, 0.717) is 6.42 Å². The van der Waals surface area contributed by atoms with E-state index >= 15 is 0 Å². The predicted octanol–water partition coefficient (Wildman–Crippen LogP) is 3.40. The first-order valence-electron chi connectivity index (χ1n) is 8.07. The van der Waals surface area contributed by atoms with Crippen molar-refractivity contribution in [2.75, 3.05) is 0 Å². The highest BCUT2D eigenvalue weighted by atomic mass is 16.6. The Hall–Kier alpha value is -2.62. The first-order valence-corrected chi connectivity index (χ1v) is 8.07. The molecule has 0 bridgehead atoms. The lowest BCUT2D eigenvalue weighted by Gasteiger charge is -2.55. The van der Waals surface area contributed by atoms with Crippen molar-refractivity contribution in [2.24, 2.45) is 0 Å². The minimum atomic E-state index is -0.753. The maximum Gasteiger partial charge on any atom is 0.303 e. The van der Waals surface area contributed by atoms with Gasteiger partial charge in [0.2, 0.25) is 0 Å². The molecular weight excluding hydrogens is 304 g/mol. The van der Waals surface area contributed by atoms with Crippen LogP contribution in [0.4, 0.5) is 0 Å². The summed E-state index contributed by atoms with van der Waals surface area (Å²) in [6, 6.07) is 15.8. The van der Waals surface area contributed by atoms with Crippen LogP contribution in [0.25, 0.3) is 0 Å². The Morgan fingerprint density at radius 1 is 0.958 bits per heavy atom. The van der Waals surface area contributed by atoms with Gasteiger partial charge in [-0.15, -0.1) is 0 Å². The molecule has 0 aliphatic heterocycles. The highest BCUT2D eigenvalue weighted by Crippen LogP contribution is 2.63. The van der Waals surface area contributed by atoms with Crippen molar-refractivity contribution >= 4 is 11.9 Å². The van der Waals surface area contributed by atoms with E-state index in [1.165, 1.54) is 13.8 Å². The molecule has 24 heavy (non-hydrogen) atoms. The van der Waals surface area contributed by atoms with Gasteiger partial charge < -0.3 is 9.47 Å². The molecule has 3 atom stereocenters. The summed E-state index contributed by atoms with van der Waals surface area (Å²) < 4.78 is 11.5. The van der Waals surface area contributed by atoms with Gasteiger partial charge in [0, 0.05) is 25.8 Å². The molecule has 0 heterocycles. The number of ether oxygens (including phenoxy) is 2. The van der Waals surface area contributed by atoms with Gasteiger partial charge in [-0.05, 0) is 16.7 Å². The third-order valence-corrected chi connectivity index (χ3v) is 4.99. The second kappa shape index (κ2) is 5.20. The SMILES string of the molecule is CC(=O)OC1c2ccccc2CC2(OC(C)=O)c3ccccc3C12. The molecule has 2 aromatic rings. The summed E-state index contributed by atoms with van der Waals surface area (Å²) in [5, 5.41) is 0. The summed E-state index contributed by atoms with van der Waals surface area (Å²) in [5.74, 6) is -0.829. The average Bonchev–Trinajstić information content (AvgIpc) is 2.53. The molecule has 0 amide bonds. The van der Waals surface area contributed by atoms with Crippen LogP contribution in [0, 0.1) is 0 Å². The molecule has 2 aliphatic carbocycles. The van der Waals surface area contributed by atoms with Crippen LogP contribution in [-0.4, -0.2) is 11.9 Å².